The molecule has 0 radical (unpaired) electrons. The first kappa shape index (κ1) is 14.3. The van der Waals surface area contributed by atoms with E-state index < -0.39 is 17.5 Å². The van der Waals surface area contributed by atoms with Gasteiger partial charge in [-0.1, -0.05) is 18.2 Å². The summed E-state index contributed by atoms with van der Waals surface area (Å²) >= 11 is 0. The second-order valence-corrected chi connectivity index (χ2v) is 4.75. The zero-order valence-corrected chi connectivity index (χ0v) is 11.0. The van der Waals surface area contributed by atoms with Crippen LogP contribution in [0.3, 0.4) is 0 Å². The molecule has 0 aliphatic carbocycles. The van der Waals surface area contributed by atoms with Crippen LogP contribution in [-0.2, 0) is 9.53 Å². The fourth-order valence-electron chi connectivity index (χ4n) is 2.10. The maximum Gasteiger partial charge on any atom is 0.412 e. The summed E-state index contributed by atoms with van der Waals surface area (Å²) in [6.07, 6.45) is 0.116. The van der Waals surface area contributed by atoms with Crippen molar-refractivity contribution in [2.45, 2.75) is 12.8 Å². The van der Waals surface area contributed by atoms with Gasteiger partial charge >= 0.3 is 12.1 Å². The number of nitrogens with one attached hydrogen (secondary N) is 1. The Kier molecular flexibility index (Phi) is 4.57. The standard InChI is InChI=1S/C14H17NO5/c16-12(17)14(6-8-19-9-7-14)10-15-13(18)20-11-4-2-1-3-5-11/h1-5H,6-10H2,(H,15,18)(H,16,17). The van der Waals surface area contributed by atoms with Crippen LogP contribution in [0.15, 0.2) is 30.3 Å². The van der Waals surface area contributed by atoms with Gasteiger partial charge in [0.15, 0.2) is 0 Å². The van der Waals surface area contributed by atoms with E-state index in [2.05, 4.69) is 5.32 Å². The molecule has 1 aliphatic rings. The van der Waals surface area contributed by atoms with E-state index in [9.17, 15) is 14.7 Å². The lowest BCUT2D eigenvalue weighted by Gasteiger charge is -2.32. The lowest BCUT2D eigenvalue weighted by atomic mass is 9.80. The summed E-state index contributed by atoms with van der Waals surface area (Å²) in [5, 5.41) is 11.9. The predicted molar refractivity (Wildman–Crippen MR) is 70.6 cm³/mol. The molecule has 1 aromatic carbocycles. The van der Waals surface area contributed by atoms with Crippen LogP contribution in [0.4, 0.5) is 4.79 Å². The molecule has 0 bridgehead atoms. The number of aliphatic carboxylic acids is 1. The number of carbonyl (C=O) groups excluding carboxylic acids is 1. The molecule has 2 rings (SSSR count). The van der Waals surface area contributed by atoms with E-state index in [1.165, 1.54) is 0 Å². The Morgan fingerprint density at radius 3 is 2.50 bits per heavy atom. The molecule has 6 heteroatoms. The SMILES string of the molecule is O=C(NCC1(C(=O)O)CCOCC1)Oc1ccccc1. The molecule has 0 aromatic heterocycles. The predicted octanol–water partition coefficient (Wildman–Crippen LogP) is 1.66. The van der Waals surface area contributed by atoms with Crippen molar-refractivity contribution in [1.82, 2.24) is 5.32 Å². The monoisotopic (exact) mass is 279 g/mol. The van der Waals surface area contributed by atoms with Gasteiger partial charge in [0.25, 0.3) is 0 Å². The number of carboxylic acids is 1. The first-order valence-corrected chi connectivity index (χ1v) is 6.44. The number of rotatable bonds is 4. The van der Waals surface area contributed by atoms with Gasteiger partial charge in [0.2, 0.25) is 0 Å². The van der Waals surface area contributed by atoms with Gasteiger partial charge in [-0.15, -0.1) is 0 Å². The summed E-state index contributed by atoms with van der Waals surface area (Å²) < 4.78 is 10.2. The first-order chi connectivity index (χ1) is 9.62. The van der Waals surface area contributed by atoms with E-state index in [1.807, 2.05) is 6.07 Å². The number of para-hydroxylation sites is 1. The molecule has 0 unspecified atom stereocenters. The Hall–Kier alpha value is -2.08. The third kappa shape index (κ3) is 3.48. The Balaban J connectivity index is 1.89. The molecule has 1 saturated heterocycles. The van der Waals surface area contributed by atoms with E-state index in [-0.39, 0.29) is 6.54 Å². The normalized spacial score (nSPS) is 17.2. The van der Waals surface area contributed by atoms with Crippen LogP contribution in [0.25, 0.3) is 0 Å². The molecule has 20 heavy (non-hydrogen) atoms. The molecule has 108 valence electrons. The van der Waals surface area contributed by atoms with E-state index >= 15 is 0 Å². The average Bonchev–Trinajstić information content (AvgIpc) is 2.47. The Bertz CT molecular complexity index is 468. The number of benzene rings is 1. The summed E-state index contributed by atoms with van der Waals surface area (Å²) in [6, 6.07) is 8.62. The lowest BCUT2D eigenvalue weighted by molar-refractivity contribution is -0.154. The van der Waals surface area contributed by atoms with Gasteiger partial charge in [-0.05, 0) is 25.0 Å². The number of amides is 1. The van der Waals surface area contributed by atoms with Crippen molar-refractivity contribution in [2.24, 2.45) is 5.41 Å². The van der Waals surface area contributed by atoms with E-state index in [4.69, 9.17) is 9.47 Å². The second kappa shape index (κ2) is 6.38. The summed E-state index contributed by atoms with van der Waals surface area (Å²) in [6.45, 7) is 0.820. The third-order valence-corrected chi connectivity index (χ3v) is 3.43. The zero-order chi connectivity index (χ0) is 14.4. The van der Waals surface area contributed by atoms with Crippen LogP contribution in [0.2, 0.25) is 0 Å². The van der Waals surface area contributed by atoms with E-state index in [1.54, 1.807) is 24.3 Å². The highest BCUT2D eigenvalue weighted by Crippen LogP contribution is 2.30. The maximum absolute atomic E-state index is 11.7. The van der Waals surface area contributed by atoms with Crippen molar-refractivity contribution in [3.05, 3.63) is 30.3 Å². The summed E-state index contributed by atoms with van der Waals surface area (Å²) in [5.41, 5.74) is -0.964. The topological polar surface area (TPSA) is 84.9 Å². The Morgan fingerprint density at radius 2 is 1.90 bits per heavy atom. The molecule has 1 heterocycles. The minimum absolute atomic E-state index is 0.0390. The van der Waals surface area contributed by atoms with Gasteiger partial charge in [-0.3, -0.25) is 4.79 Å². The Labute approximate surface area is 116 Å². The molecule has 1 aliphatic heterocycles. The molecule has 1 aromatic rings. The lowest BCUT2D eigenvalue weighted by Crippen LogP contribution is -2.47. The molecule has 0 atom stereocenters. The highest BCUT2D eigenvalue weighted by atomic mass is 16.6. The second-order valence-electron chi connectivity index (χ2n) is 4.75. The van der Waals surface area contributed by atoms with Crippen LogP contribution in [0, 0.1) is 5.41 Å². The van der Waals surface area contributed by atoms with Gasteiger partial charge in [-0.25, -0.2) is 4.79 Å². The number of hydrogen-bond donors (Lipinski definition) is 2. The number of hydrogen-bond acceptors (Lipinski definition) is 4. The summed E-state index contributed by atoms with van der Waals surface area (Å²) in [4.78, 5) is 23.1. The van der Waals surface area contributed by atoms with Gasteiger partial charge in [0.1, 0.15) is 5.75 Å². The van der Waals surface area contributed by atoms with Gasteiger partial charge in [0, 0.05) is 19.8 Å². The third-order valence-electron chi connectivity index (χ3n) is 3.43. The molecule has 0 spiro atoms. The molecular weight excluding hydrogens is 262 g/mol. The van der Waals surface area contributed by atoms with Crippen LogP contribution in [0.1, 0.15) is 12.8 Å². The van der Waals surface area contributed by atoms with Gasteiger partial charge in [-0.2, -0.15) is 0 Å². The highest BCUT2D eigenvalue weighted by molar-refractivity contribution is 5.77. The van der Waals surface area contributed by atoms with Crippen LogP contribution in [0.5, 0.6) is 5.75 Å². The molecule has 1 amide bonds. The van der Waals surface area contributed by atoms with Crippen molar-refractivity contribution in [2.75, 3.05) is 19.8 Å². The molecule has 1 fully saturated rings. The molecule has 2 N–H and O–H groups in total. The Morgan fingerprint density at radius 1 is 1.25 bits per heavy atom. The summed E-state index contributed by atoms with van der Waals surface area (Å²) in [7, 11) is 0. The smallest absolute Gasteiger partial charge is 0.412 e. The van der Waals surface area contributed by atoms with Crippen molar-refractivity contribution in [1.29, 1.82) is 0 Å². The van der Waals surface area contributed by atoms with Gasteiger partial charge in [0.05, 0.1) is 5.41 Å². The average molecular weight is 279 g/mol. The van der Waals surface area contributed by atoms with Gasteiger partial charge < -0.3 is 19.9 Å². The van der Waals surface area contributed by atoms with Crippen LogP contribution >= 0.6 is 0 Å². The van der Waals surface area contributed by atoms with Crippen LogP contribution in [-0.4, -0.2) is 36.9 Å². The minimum Gasteiger partial charge on any atom is -0.481 e. The maximum atomic E-state index is 11.7. The van der Waals surface area contributed by atoms with Crippen molar-refractivity contribution >= 4 is 12.1 Å². The fourth-order valence-corrected chi connectivity index (χ4v) is 2.10. The molecular formula is C14H17NO5. The fraction of sp³-hybridized carbons (Fsp3) is 0.429. The molecule has 0 saturated carbocycles. The van der Waals surface area contributed by atoms with E-state index in [0.717, 1.165) is 0 Å². The number of carbonyl (C=O) groups is 2. The van der Waals surface area contributed by atoms with Crippen molar-refractivity contribution in [3.8, 4) is 5.75 Å². The zero-order valence-electron chi connectivity index (χ0n) is 11.0. The highest BCUT2D eigenvalue weighted by Gasteiger charge is 2.40. The first-order valence-electron chi connectivity index (χ1n) is 6.44. The van der Waals surface area contributed by atoms with Crippen LogP contribution < -0.4 is 10.1 Å². The van der Waals surface area contributed by atoms with Crippen molar-refractivity contribution in [3.63, 3.8) is 0 Å². The largest absolute Gasteiger partial charge is 0.481 e. The minimum atomic E-state index is -0.964. The van der Waals surface area contributed by atoms with Crippen molar-refractivity contribution < 1.29 is 24.2 Å². The molecule has 6 nitrogen and oxygen atoms in total. The summed E-state index contributed by atoms with van der Waals surface area (Å²) in [5.74, 6) is -0.498. The van der Waals surface area contributed by atoms with E-state index in [0.29, 0.717) is 31.8 Å². The number of ether oxygens (including phenoxy) is 2. The quantitative estimate of drug-likeness (QED) is 0.875. The number of carboxylic acid groups (broad SMARTS) is 1.